The molecule has 170 valence electrons. The quantitative estimate of drug-likeness (QED) is 0.564. The Morgan fingerprint density at radius 3 is 2.18 bits per heavy atom. The summed E-state index contributed by atoms with van der Waals surface area (Å²) >= 11 is 0. The van der Waals surface area contributed by atoms with Gasteiger partial charge in [-0.3, -0.25) is 9.59 Å². The summed E-state index contributed by atoms with van der Waals surface area (Å²) in [6.45, 7) is 4.20. The molecule has 5 heteroatoms. The second-order valence-corrected chi connectivity index (χ2v) is 8.47. The monoisotopic (exact) mass is 441 g/mol. The predicted molar refractivity (Wildman–Crippen MR) is 133 cm³/mol. The summed E-state index contributed by atoms with van der Waals surface area (Å²) in [4.78, 5) is 27.8. The summed E-state index contributed by atoms with van der Waals surface area (Å²) < 4.78 is 0. The highest BCUT2D eigenvalue weighted by atomic mass is 16.2. The average molecular weight is 442 g/mol. The van der Waals surface area contributed by atoms with Gasteiger partial charge in [0.05, 0.1) is 5.56 Å². The van der Waals surface area contributed by atoms with E-state index in [1.54, 1.807) is 0 Å². The van der Waals surface area contributed by atoms with Gasteiger partial charge in [0.25, 0.3) is 11.8 Å². The lowest BCUT2D eigenvalue weighted by molar-refractivity contribution is 0.0929. The van der Waals surface area contributed by atoms with Gasteiger partial charge in [-0.25, -0.2) is 0 Å². The molecular formula is C28H31N3O2. The molecule has 0 aromatic heterocycles. The number of nitrogens with one attached hydrogen (secondary N) is 2. The Labute approximate surface area is 195 Å². The van der Waals surface area contributed by atoms with Crippen molar-refractivity contribution in [2.24, 2.45) is 0 Å². The van der Waals surface area contributed by atoms with E-state index < -0.39 is 0 Å². The summed E-state index contributed by atoms with van der Waals surface area (Å²) in [6.07, 6.45) is 2.66. The van der Waals surface area contributed by atoms with E-state index in [4.69, 9.17) is 0 Å². The number of nitrogens with zero attached hydrogens (tertiary/aromatic N) is 1. The van der Waals surface area contributed by atoms with E-state index in [9.17, 15) is 9.59 Å². The molecule has 0 unspecified atom stereocenters. The molecule has 0 bridgehead atoms. The lowest BCUT2D eigenvalue weighted by Crippen LogP contribution is -2.45. The third-order valence-corrected chi connectivity index (χ3v) is 6.24. The van der Waals surface area contributed by atoms with Gasteiger partial charge in [0.2, 0.25) is 0 Å². The van der Waals surface area contributed by atoms with Crippen LogP contribution in [0.1, 0.15) is 51.6 Å². The van der Waals surface area contributed by atoms with Gasteiger partial charge in [-0.05, 0) is 54.7 Å². The lowest BCUT2D eigenvalue weighted by Gasteiger charge is -2.35. The first kappa shape index (κ1) is 22.6. The zero-order valence-corrected chi connectivity index (χ0v) is 19.1. The minimum absolute atomic E-state index is 0.0169. The minimum atomic E-state index is -0.0691. The maximum atomic E-state index is 12.9. The van der Waals surface area contributed by atoms with Crippen LogP contribution in [0.3, 0.4) is 0 Å². The van der Waals surface area contributed by atoms with E-state index in [1.165, 1.54) is 5.56 Å². The smallest absolute Gasteiger partial charge is 0.253 e. The summed E-state index contributed by atoms with van der Waals surface area (Å²) in [5.74, 6) is -0.0859. The highest BCUT2D eigenvalue weighted by Crippen LogP contribution is 2.24. The van der Waals surface area contributed by atoms with Crippen molar-refractivity contribution in [1.82, 2.24) is 10.6 Å². The first-order chi connectivity index (χ1) is 16.1. The van der Waals surface area contributed by atoms with Crippen LogP contribution < -0.4 is 15.5 Å². The Balaban J connectivity index is 1.34. The second-order valence-electron chi connectivity index (χ2n) is 8.47. The second kappa shape index (κ2) is 10.8. The number of rotatable bonds is 7. The molecule has 0 aliphatic carbocycles. The number of amides is 2. The molecule has 1 fully saturated rings. The Morgan fingerprint density at radius 2 is 1.48 bits per heavy atom. The van der Waals surface area contributed by atoms with Gasteiger partial charge < -0.3 is 15.5 Å². The molecule has 0 atom stereocenters. The number of anilines is 1. The predicted octanol–water partition coefficient (Wildman–Crippen LogP) is 4.58. The van der Waals surface area contributed by atoms with Crippen LogP contribution in [0.15, 0.2) is 78.9 Å². The largest absolute Gasteiger partial charge is 0.371 e. The summed E-state index contributed by atoms with van der Waals surface area (Å²) in [7, 11) is 0. The number of piperidine rings is 1. The molecule has 5 nitrogen and oxygen atoms in total. The van der Waals surface area contributed by atoms with Crippen LogP contribution in [0.5, 0.6) is 0 Å². The third-order valence-electron chi connectivity index (χ3n) is 6.24. The molecule has 3 aromatic rings. The van der Waals surface area contributed by atoms with Crippen molar-refractivity contribution in [2.45, 2.75) is 38.8 Å². The van der Waals surface area contributed by atoms with Crippen LogP contribution in [0, 0.1) is 0 Å². The molecular weight excluding hydrogens is 410 g/mol. The maximum Gasteiger partial charge on any atom is 0.253 e. The lowest BCUT2D eigenvalue weighted by atomic mass is 10.0. The Morgan fingerprint density at radius 1 is 0.818 bits per heavy atom. The van der Waals surface area contributed by atoms with Crippen LogP contribution in [0.4, 0.5) is 5.69 Å². The molecule has 33 heavy (non-hydrogen) atoms. The SMILES string of the molecule is CCc1ccc(C(=O)NC2CCN(c3ccccc3C(=O)NCc3ccccc3)CC2)cc1. The van der Waals surface area contributed by atoms with E-state index in [-0.39, 0.29) is 17.9 Å². The fourth-order valence-electron chi connectivity index (χ4n) is 4.24. The van der Waals surface area contributed by atoms with Crippen LogP contribution >= 0.6 is 0 Å². The van der Waals surface area contributed by atoms with Crippen molar-refractivity contribution in [2.75, 3.05) is 18.0 Å². The van der Waals surface area contributed by atoms with Crippen molar-refractivity contribution in [1.29, 1.82) is 0 Å². The van der Waals surface area contributed by atoms with Crippen molar-refractivity contribution in [3.05, 3.63) is 101 Å². The Bertz CT molecular complexity index is 1070. The van der Waals surface area contributed by atoms with E-state index in [0.29, 0.717) is 17.7 Å². The first-order valence-corrected chi connectivity index (χ1v) is 11.7. The van der Waals surface area contributed by atoms with Crippen molar-refractivity contribution in [3.8, 4) is 0 Å². The summed E-state index contributed by atoms with van der Waals surface area (Å²) in [5, 5.41) is 6.21. The zero-order chi connectivity index (χ0) is 23.0. The van der Waals surface area contributed by atoms with Crippen molar-refractivity contribution < 1.29 is 9.59 Å². The molecule has 4 rings (SSSR count). The van der Waals surface area contributed by atoms with E-state index in [0.717, 1.165) is 43.6 Å². The van der Waals surface area contributed by atoms with Crippen LogP contribution in [0.25, 0.3) is 0 Å². The number of carbonyl (C=O) groups is 2. The molecule has 0 saturated carbocycles. The van der Waals surface area contributed by atoms with Gasteiger partial charge >= 0.3 is 0 Å². The zero-order valence-electron chi connectivity index (χ0n) is 19.1. The van der Waals surface area contributed by atoms with Gasteiger partial charge in [0.1, 0.15) is 0 Å². The molecule has 2 amide bonds. The van der Waals surface area contributed by atoms with E-state index in [1.807, 2.05) is 78.9 Å². The molecule has 3 aromatic carbocycles. The van der Waals surface area contributed by atoms with E-state index in [2.05, 4.69) is 22.5 Å². The van der Waals surface area contributed by atoms with Gasteiger partial charge in [-0.2, -0.15) is 0 Å². The van der Waals surface area contributed by atoms with Crippen LogP contribution in [-0.2, 0) is 13.0 Å². The molecule has 1 saturated heterocycles. The van der Waals surface area contributed by atoms with Gasteiger partial charge in [0, 0.05) is 36.9 Å². The van der Waals surface area contributed by atoms with Gasteiger partial charge in [0.15, 0.2) is 0 Å². The molecule has 1 aliphatic rings. The molecule has 1 aliphatic heterocycles. The Kier molecular flexibility index (Phi) is 7.40. The number of hydrogen-bond acceptors (Lipinski definition) is 3. The van der Waals surface area contributed by atoms with Gasteiger partial charge in [-0.15, -0.1) is 0 Å². The van der Waals surface area contributed by atoms with Crippen LogP contribution in [0.2, 0.25) is 0 Å². The highest BCUT2D eigenvalue weighted by molar-refractivity contribution is 5.99. The van der Waals surface area contributed by atoms with Crippen LogP contribution in [-0.4, -0.2) is 30.9 Å². The fraction of sp³-hybridized carbons (Fsp3) is 0.286. The topological polar surface area (TPSA) is 61.4 Å². The van der Waals surface area contributed by atoms with Crippen molar-refractivity contribution >= 4 is 17.5 Å². The molecule has 0 spiro atoms. The maximum absolute atomic E-state index is 12.9. The molecule has 0 radical (unpaired) electrons. The highest BCUT2D eigenvalue weighted by Gasteiger charge is 2.24. The first-order valence-electron chi connectivity index (χ1n) is 11.7. The summed E-state index contributed by atoms with van der Waals surface area (Å²) in [5.41, 5.74) is 4.64. The average Bonchev–Trinajstić information content (AvgIpc) is 2.88. The Hall–Kier alpha value is -3.60. The summed E-state index contributed by atoms with van der Waals surface area (Å²) in [6, 6.07) is 25.6. The standard InChI is InChI=1S/C28H31N3O2/c1-2-21-12-14-23(15-13-21)27(32)30-24-16-18-31(19-17-24)26-11-7-6-10-25(26)28(33)29-20-22-8-4-3-5-9-22/h3-15,24H,2,16-20H2,1H3,(H,29,33)(H,30,32). The minimum Gasteiger partial charge on any atom is -0.371 e. The van der Waals surface area contributed by atoms with E-state index >= 15 is 0 Å². The molecule has 1 heterocycles. The number of carbonyl (C=O) groups excluding carboxylic acids is 2. The number of hydrogen-bond donors (Lipinski definition) is 2. The van der Waals surface area contributed by atoms with Crippen molar-refractivity contribution in [3.63, 3.8) is 0 Å². The number of para-hydroxylation sites is 1. The molecule has 2 N–H and O–H groups in total. The number of aryl methyl sites for hydroxylation is 1. The normalized spacial score (nSPS) is 14.0. The third kappa shape index (κ3) is 5.80. The van der Waals surface area contributed by atoms with Gasteiger partial charge in [-0.1, -0.05) is 61.5 Å². The number of benzene rings is 3. The fourth-order valence-corrected chi connectivity index (χ4v) is 4.24.